The maximum atomic E-state index is 6.37. The van der Waals surface area contributed by atoms with Gasteiger partial charge in [-0.15, -0.1) is 0 Å². The van der Waals surface area contributed by atoms with Gasteiger partial charge in [-0.25, -0.2) is 9.67 Å². The van der Waals surface area contributed by atoms with Gasteiger partial charge in [-0.2, -0.15) is 10.2 Å². The van der Waals surface area contributed by atoms with Crippen LogP contribution in [0.2, 0.25) is 0 Å². The van der Waals surface area contributed by atoms with E-state index >= 15 is 0 Å². The van der Waals surface area contributed by atoms with Gasteiger partial charge in [-0.05, 0) is 19.1 Å². The lowest BCUT2D eigenvalue weighted by atomic mass is 10.1. The van der Waals surface area contributed by atoms with E-state index < -0.39 is 0 Å². The SMILES string of the molecule is Cc1cccc(-c2ccn(-c3cc(N4CCOCC4)c4oc(-c5cnn(CCBr)c5)cc4n3)n2)c1. The second kappa shape index (κ2) is 9.31. The number of aryl methyl sites for hydroxylation is 2. The molecule has 5 heterocycles. The number of morpholine rings is 1. The third kappa shape index (κ3) is 4.37. The number of benzene rings is 1. The van der Waals surface area contributed by atoms with Crippen LogP contribution in [0, 0.1) is 6.92 Å². The number of fused-ring (bicyclic) bond motifs is 1. The quantitative estimate of drug-likeness (QED) is 0.284. The van der Waals surface area contributed by atoms with Crippen LogP contribution in [-0.4, -0.2) is 56.2 Å². The Morgan fingerprint density at radius 3 is 2.77 bits per heavy atom. The molecule has 1 aromatic carbocycles. The first kappa shape index (κ1) is 22.1. The van der Waals surface area contributed by atoms with Crippen LogP contribution in [0.15, 0.2) is 65.5 Å². The molecule has 178 valence electrons. The van der Waals surface area contributed by atoms with Crippen LogP contribution >= 0.6 is 15.9 Å². The highest BCUT2D eigenvalue weighted by Crippen LogP contribution is 2.35. The number of pyridine rings is 1. The number of ether oxygens (including phenoxy) is 1. The van der Waals surface area contributed by atoms with Crippen molar-refractivity contribution in [2.75, 3.05) is 36.5 Å². The highest BCUT2D eigenvalue weighted by molar-refractivity contribution is 9.09. The Bertz CT molecular complexity index is 1480. The summed E-state index contributed by atoms with van der Waals surface area (Å²) in [7, 11) is 0. The van der Waals surface area contributed by atoms with Gasteiger partial charge in [0.1, 0.15) is 11.3 Å². The molecule has 0 unspecified atom stereocenters. The van der Waals surface area contributed by atoms with Gasteiger partial charge < -0.3 is 14.1 Å². The minimum Gasteiger partial charge on any atom is -0.452 e. The fourth-order valence-electron chi connectivity index (χ4n) is 4.40. The number of anilines is 1. The summed E-state index contributed by atoms with van der Waals surface area (Å²) in [6, 6.07) is 14.4. The maximum Gasteiger partial charge on any atom is 0.176 e. The largest absolute Gasteiger partial charge is 0.452 e. The third-order valence-electron chi connectivity index (χ3n) is 6.17. The first-order valence-corrected chi connectivity index (χ1v) is 12.8. The number of hydrogen-bond donors (Lipinski definition) is 0. The Kier molecular flexibility index (Phi) is 5.87. The van der Waals surface area contributed by atoms with Gasteiger partial charge in [0.05, 0.1) is 42.9 Å². The van der Waals surface area contributed by atoms with Crippen molar-refractivity contribution in [3.8, 4) is 28.4 Å². The Labute approximate surface area is 211 Å². The van der Waals surface area contributed by atoms with Gasteiger partial charge in [-0.1, -0.05) is 39.7 Å². The van der Waals surface area contributed by atoms with E-state index in [0.29, 0.717) is 13.2 Å². The summed E-state index contributed by atoms with van der Waals surface area (Å²) in [4.78, 5) is 7.22. The first-order chi connectivity index (χ1) is 17.2. The number of nitrogens with zero attached hydrogens (tertiary/aromatic N) is 6. The van der Waals surface area contributed by atoms with Crippen LogP contribution in [0.3, 0.4) is 0 Å². The van der Waals surface area contributed by atoms with E-state index in [9.17, 15) is 0 Å². The molecule has 35 heavy (non-hydrogen) atoms. The van der Waals surface area contributed by atoms with E-state index in [-0.39, 0.29) is 0 Å². The summed E-state index contributed by atoms with van der Waals surface area (Å²) >= 11 is 3.47. The molecule has 1 fully saturated rings. The molecule has 9 heteroatoms. The number of aromatic nitrogens is 5. The standard InChI is InChI=1S/C26H25BrN6O2/c1-18-3-2-4-19(13-18)21-5-7-33(30-21)25-15-23(31-9-11-34-12-10-31)26-22(29-25)14-24(35-26)20-16-28-32(17-20)8-6-27/h2-5,7,13-17H,6,8-12H2,1H3. The lowest BCUT2D eigenvalue weighted by Gasteiger charge is -2.28. The molecule has 0 N–H and O–H groups in total. The Morgan fingerprint density at radius 2 is 1.94 bits per heavy atom. The summed E-state index contributed by atoms with van der Waals surface area (Å²) in [5.41, 5.74) is 6.69. The van der Waals surface area contributed by atoms with Gasteiger partial charge in [0, 0.05) is 48.5 Å². The van der Waals surface area contributed by atoms with Crippen molar-refractivity contribution in [1.29, 1.82) is 0 Å². The molecule has 4 aromatic heterocycles. The summed E-state index contributed by atoms with van der Waals surface area (Å²) in [5, 5.41) is 10.1. The van der Waals surface area contributed by atoms with Crippen LogP contribution in [0.4, 0.5) is 5.69 Å². The molecule has 0 saturated carbocycles. The zero-order valence-electron chi connectivity index (χ0n) is 19.4. The van der Waals surface area contributed by atoms with E-state index in [4.69, 9.17) is 19.2 Å². The highest BCUT2D eigenvalue weighted by atomic mass is 79.9. The van der Waals surface area contributed by atoms with Crippen molar-refractivity contribution >= 4 is 32.7 Å². The van der Waals surface area contributed by atoms with Gasteiger partial charge in [-0.3, -0.25) is 4.68 Å². The molecule has 0 amide bonds. The smallest absolute Gasteiger partial charge is 0.176 e. The summed E-state index contributed by atoms with van der Waals surface area (Å²) in [6.07, 6.45) is 5.79. The molecule has 0 radical (unpaired) electrons. The van der Waals surface area contributed by atoms with E-state index in [0.717, 1.165) is 70.2 Å². The minimum absolute atomic E-state index is 0.686. The molecule has 1 aliphatic rings. The lowest BCUT2D eigenvalue weighted by Crippen LogP contribution is -2.36. The third-order valence-corrected chi connectivity index (χ3v) is 6.52. The fraction of sp³-hybridized carbons (Fsp3) is 0.269. The van der Waals surface area contributed by atoms with Crippen LogP contribution in [-0.2, 0) is 11.3 Å². The van der Waals surface area contributed by atoms with Crippen molar-refractivity contribution in [2.45, 2.75) is 13.5 Å². The molecule has 6 rings (SSSR count). The maximum absolute atomic E-state index is 6.37. The Hall–Kier alpha value is -3.43. The van der Waals surface area contributed by atoms with Crippen LogP contribution < -0.4 is 4.90 Å². The Morgan fingerprint density at radius 1 is 1.06 bits per heavy atom. The second-order valence-electron chi connectivity index (χ2n) is 8.62. The van der Waals surface area contributed by atoms with E-state index in [1.807, 2.05) is 40.1 Å². The average molecular weight is 533 g/mol. The normalized spacial score (nSPS) is 14.2. The van der Waals surface area contributed by atoms with Crippen molar-refractivity contribution in [1.82, 2.24) is 24.5 Å². The zero-order chi connectivity index (χ0) is 23.8. The van der Waals surface area contributed by atoms with E-state index in [1.165, 1.54) is 5.56 Å². The minimum atomic E-state index is 0.686. The number of rotatable bonds is 6. The number of hydrogen-bond acceptors (Lipinski definition) is 6. The van der Waals surface area contributed by atoms with Crippen molar-refractivity contribution in [3.63, 3.8) is 0 Å². The summed E-state index contributed by atoms with van der Waals surface area (Å²) in [5.74, 6) is 1.50. The number of furan rings is 1. The molecular weight excluding hydrogens is 508 g/mol. The molecular formula is C26H25BrN6O2. The van der Waals surface area contributed by atoms with Gasteiger partial charge in [0.2, 0.25) is 0 Å². The van der Waals surface area contributed by atoms with Crippen molar-refractivity contribution in [2.24, 2.45) is 0 Å². The predicted molar refractivity (Wildman–Crippen MR) is 139 cm³/mol. The van der Waals surface area contributed by atoms with Crippen molar-refractivity contribution < 1.29 is 9.15 Å². The monoisotopic (exact) mass is 532 g/mol. The fourth-order valence-corrected chi connectivity index (χ4v) is 4.76. The summed E-state index contributed by atoms with van der Waals surface area (Å²) in [6.45, 7) is 5.85. The molecule has 5 aromatic rings. The molecule has 1 saturated heterocycles. The van der Waals surface area contributed by atoms with Gasteiger partial charge in [0.15, 0.2) is 11.4 Å². The van der Waals surface area contributed by atoms with Crippen LogP contribution in [0.1, 0.15) is 5.56 Å². The first-order valence-electron chi connectivity index (χ1n) is 11.7. The molecule has 0 spiro atoms. The second-order valence-corrected chi connectivity index (χ2v) is 9.41. The average Bonchev–Trinajstić information content (AvgIpc) is 3.63. The molecule has 0 atom stereocenters. The topological polar surface area (TPSA) is 74.1 Å². The van der Waals surface area contributed by atoms with Gasteiger partial charge in [0.25, 0.3) is 0 Å². The van der Waals surface area contributed by atoms with Crippen molar-refractivity contribution in [3.05, 3.63) is 66.6 Å². The van der Waals surface area contributed by atoms with Crippen LogP contribution in [0.25, 0.3) is 39.5 Å². The van der Waals surface area contributed by atoms with Gasteiger partial charge >= 0.3 is 0 Å². The number of halogens is 1. The van der Waals surface area contributed by atoms with E-state index in [2.05, 4.69) is 63.2 Å². The molecule has 0 aliphatic carbocycles. The van der Waals surface area contributed by atoms with Crippen LogP contribution in [0.5, 0.6) is 0 Å². The Balaban J connectivity index is 1.44. The molecule has 8 nitrogen and oxygen atoms in total. The lowest BCUT2D eigenvalue weighted by molar-refractivity contribution is 0.122. The molecule has 1 aliphatic heterocycles. The summed E-state index contributed by atoms with van der Waals surface area (Å²) < 4.78 is 15.7. The highest BCUT2D eigenvalue weighted by Gasteiger charge is 2.21. The predicted octanol–water partition coefficient (Wildman–Crippen LogP) is 5.08. The number of alkyl halides is 1. The zero-order valence-corrected chi connectivity index (χ0v) is 21.0. The molecule has 0 bridgehead atoms. The van der Waals surface area contributed by atoms with E-state index in [1.54, 1.807) is 0 Å².